The quantitative estimate of drug-likeness (QED) is 0.477. The molecule has 0 N–H and O–H groups in total. The summed E-state index contributed by atoms with van der Waals surface area (Å²) in [5.74, 6) is 0. The molecule has 0 radical (unpaired) electrons. The molecule has 0 atom stereocenters. The average molecular weight is 323 g/mol. The molecule has 0 aliphatic rings. The number of aryl methyl sites for hydroxylation is 1. The molecule has 2 heteroatoms. The molecule has 0 aliphatic carbocycles. The molecule has 0 fully saturated rings. The molecule has 0 saturated carbocycles. The van der Waals surface area contributed by atoms with Crippen molar-refractivity contribution in [1.29, 1.82) is 0 Å². The van der Waals surface area contributed by atoms with E-state index in [2.05, 4.69) is 48.3 Å². The summed E-state index contributed by atoms with van der Waals surface area (Å²) in [7, 11) is 0. The van der Waals surface area contributed by atoms with Crippen LogP contribution in [-0.2, 0) is 0 Å². The first-order valence-electron chi connectivity index (χ1n) is 5.21. The van der Waals surface area contributed by atoms with Gasteiger partial charge in [-0.3, -0.25) is 0 Å². The van der Waals surface area contributed by atoms with E-state index >= 15 is 0 Å². The van der Waals surface area contributed by atoms with E-state index in [1.165, 1.54) is 19.9 Å². The van der Waals surface area contributed by atoms with Crippen molar-refractivity contribution in [1.82, 2.24) is 0 Å². The van der Waals surface area contributed by atoms with Gasteiger partial charge in [0.05, 0.1) is 0 Å². The summed E-state index contributed by atoms with van der Waals surface area (Å²) in [5, 5.41) is 2.59. The Morgan fingerprint density at radius 3 is 2.75 bits per heavy atom. The topological polar surface area (TPSA) is 13.1 Å². The van der Waals surface area contributed by atoms with Crippen LogP contribution in [0, 0.1) is 10.5 Å². The average Bonchev–Trinajstić information content (AvgIpc) is 2.65. The predicted molar refractivity (Wildman–Crippen MR) is 63.1 cm³/mol. The molecule has 1 heterocycles. The first kappa shape index (κ1) is 10.1. The molecule has 0 aliphatic heterocycles. The Kier molecular flexibility index (Phi) is 2.39. The fourth-order valence-electron chi connectivity index (χ4n) is 2.05. The zero-order valence-corrected chi connectivity index (χ0v) is 11.4. The Labute approximate surface area is 105 Å². The number of alkyl halides is 1. The maximum atomic E-state index is 5.89. The van der Waals surface area contributed by atoms with Crippen LogP contribution in [0.2, 0.25) is 0 Å². The van der Waals surface area contributed by atoms with E-state index in [9.17, 15) is 0 Å². The molecule has 3 aromatic rings. The summed E-state index contributed by atoms with van der Waals surface area (Å²) >= 11 is 0.0905. The van der Waals surface area contributed by atoms with Crippen molar-refractivity contribution < 1.29 is 25.6 Å². The third kappa shape index (κ3) is 1.44. The van der Waals surface area contributed by atoms with Crippen molar-refractivity contribution in [3.05, 3.63) is 45.5 Å². The SMILES string of the molecule is C[I-]c1cccc2oc3cc(C)ccc3c12. The minimum atomic E-state index is 0.0905. The van der Waals surface area contributed by atoms with E-state index in [0.29, 0.717) is 0 Å². The first-order chi connectivity index (χ1) is 7.79. The maximum absolute atomic E-state index is 5.89. The fourth-order valence-corrected chi connectivity index (χ4v) is 3.71. The van der Waals surface area contributed by atoms with Crippen LogP contribution in [0.5, 0.6) is 0 Å². The summed E-state index contributed by atoms with van der Waals surface area (Å²) in [4.78, 5) is 2.29. The van der Waals surface area contributed by atoms with Gasteiger partial charge >= 0.3 is 105 Å². The Morgan fingerprint density at radius 2 is 1.94 bits per heavy atom. The summed E-state index contributed by atoms with van der Waals surface area (Å²) < 4.78 is 7.36. The fraction of sp³-hybridized carbons (Fsp3) is 0.143. The molecule has 2 aromatic carbocycles. The summed E-state index contributed by atoms with van der Waals surface area (Å²) in [5.41, 5.74) is 3.29. The van der Waals surface area contributed by atoms with Gasteiger partial charge in [-0.2, -0.15) is 0 Å². The minimum absolute atomic E-state index is 0.0905. The number of hydrogen-bond donors (Lipinski definition) is 0. The molecular formula is C14H12IO-. The Balaban J connectivity index is 2.52. The molecule has 1 aromatic heterocycles. The van der Waals surface area contributed by atoms with Crippen molar-refractivity contribution in [2.75, 3.05) is 4.93 Å². The van der Waals surface area contributed by atoms with E-state index < -0.39 is 0 Å². The second kappa shape index (κ2) is 3.77. The Morgan fingerprint density at radius 1 is 1.06 bits per heavy atom. The van der Waals surface area contributed by atoms with Gasteiger partial charge in [0.1, 0.15) is 0 Å². The zero-order valence-electron chi connectivity index (χ0n) is 9.25. The Hall–Kier alpha value is -1.03. The van der Waals surface area contributed by atoms with Crippen LogP contribution in [-0.4, -0.2) is 4.93 Å². The number of rotatable bonds is 1. The van der Waals surface area contributed by atoms with Crippen LogP contribution in [0.4, 0.5) is 0 Å². The Bertz CT molecular complexity index is 667. The van der Waals surface area contributed by atoms with Crippen molar-refractivity contribution in [3.63, 3.8) is 0 Å². The van der Waals surface area contributed by atoms with Gasteiger partial charge < -0.3 is 0 Å². The van der Waals surface area contributed by atoms with Crippen LogP contribution in [0.1, 0.15) is 5.56 Å². The van der Waals surface area contributed by atoms with Crippen LogP contribution in [0.25, 0.3) is 21.9 Å². The second-order valence-electron chi connectivity index (χ2n) is 3.90. The standard InChI is InChI=1S/C14H12IO/c1-9-6-7-10-13(8-9)16-12-5-3-4-11(15-2)14(10)12/h3-8H,1-2H3/q-1. The monoisotopic (exact) mass is 323 g/mol. The van der Waals surface area contributed by atoms with Gasteiger partial charge in [0.25, 0.3) is 0 Å². The van der Waals surface area contributed by atoms with E-state index in [-0.39, 0.29) is 21.2 Å². The summed E-state index contributed by atoms with van der Waals surface area (Å²) in [6.07, 6.45) is 0. The molecule has 82 valence electrons. The zero-order chi connectivity index (χ0) is 11.1. The van der Waals surface area contributed by atoms with E-state index in [1.807, 2.05) is 0 Å². The van der Waals surface area contributed by atoms with Gasteiger partial charge in [-0.25, -0.2) is 0 Å². The van der Waals surface area contributed by atoms with Crippen LogP contribution >= 0.6 is 0 Å². The molecule has 0 amide bonds. The summed E-state index contributed by atoms with van der Waals surface area (Å²) in [6.45, 7) is 2.10. The van der Waals surface area contributed by atoms with Gasteiger partial charge in [0.2, 0.25) is 0 Å². The second-order valence-corrected chi connectivity index (χ2v) is 6.14. The molecule has 3 rings (SSSR count). The summed E-state index contributed by atoms with van der Waals surface area (Å²) in [6, 6.07) is 12.8. The number of halogens is 1. The van der Waals surface area contributed by atoms with Gasteiger partial charge in [-0.05, 0) is 0 Å². The molecule has 1 nitrogen and oxygen atoms in total. The van der Waals surface area contributed by atoms with Crippen molar-refractivity contribution >= 4 is 21.9 Å². The van der Waals surface area contributed by atoms with Crippen molar-refractivity contribution in [2.45, 2.75) is 6.92 Å². The van der Waals surface area contributed by atoms with Gasteiger partial charge in [-0.15, -0.1) is 0 Å². The van der Waals surface area contributed by atoms with E-state index in [0.717, 1.165) is 11.2 Å². The molecule has 0 spiro atoms. The van der Waals surface area contributed by atoms with Gasteiger partial charge in [0, 0.05) is 0 Å². The molecule has 0 saturated heterocycles. The normalized spacial score (nSPS) is 11.6. The van der Waals surface area contributed by atoms with Crippen LogP contribution in [0.3, 0.4) is 0 Å². The molecule has 0 unspecified atom stereocenters. The molecular weight excluding hydrogens is 311 g/mol. The van der Waals surface area contributed by atoms with E-state index in [1.54, 1.807) is 0 Å². The number of furan rings is 1. The van der Waals surface area contributed by atoms with Crippen LogP contribution in [0.15, 0.2) is 40.8 Å². The van der Waals surface area contributed by atoms with E-state index in [4.69, 9.17) is 4.42 Å². The van der Waals surface area contributed by atoms with Gasteiger partial charge in [0.15, 0.2) is 0 Å². The predicted octanol–water partition coefficient (Wildman–Crippen LogP) is 0.783. The molecule has 16 heavy (non-hydrogen) atoms. The van der Waals surface area contributed by atoms with Crippen molar-refractivity contribution in [3.8, 4) is 0 Å². The number of hydrogen-bond acceptors (Lipinski definition) is 1. The van der Waals surface area contributed by atoms with Gasteiger partial charge in [-0.1, -0.05) is 0 Å². The third-order valence-electron chi connectivity index (χ3n) is 2.81. The van der Waals surface area contributed by atoms with Crippen molar-refractivity contribution in [2.24, 2.45) is 0 Å². The number of benzene rings is 2. The van der Waals surface area contributed by atoms with Crippen LogP contribution < -0.4 is 21.2 Å². The third-order valence-corrected chi connectivity index (χ3v) is 4.87. The molecule has 0 bridgehead atoms. The first-order valence-corrected chi connectivity index (χ1v) is 8.44. The number of fused-ring (bicyclic) bond motifs is 3.